The number of benzene rings is 2. The highest BCUT2D eigenvalue weighted by molar-refractivity contribution is 7.67. The molecular formula is C18H23O2P. The Kier molecular flexibility index (Phi) is 5.03. The van der Waals surface area contributed by atoms with Gasteiger partial charge in [0.15, 0.2) is 0 Å². The van der Waals surface area contributed by atoms with E-state index in [-0.39, 0.29) is 0 Å². The van der Waals surface area contributed by atoms with Crippen LogP contribution in [0.15, 0.2) is 42.5 Å². The van der Waals surface area contributed by atoms with Crippen molar-refractivity contribution in [3.8, 4) is 0 Å². The van der Waals surface area contributed by atoms with Crippen LogP contribution < -0.4 is 5.30 Å². The molecule has 21 heavy (non-hydrogen) atoms. The average molecular weight is 302 g/mol. The van der Waals surface area contributed by atoms with E-state index in [1.807, 2.05) is 51.1 Å². The van der Waals surface area contributed by atoms with Gasteiger partial charge in [-0.1, -0.05) is 55.0 Å². The molecule has 0 aliphatic carbocycles. The van der Waals surface area contributed by atoms with Crippen molar-refractivity contribution in [1.82, 2.24) is 0 Å². The minimum atomic E-state index is -2.81. The van der Waals surface area contributed by atoms with Gasteiger partial charge in [0.2, 0.25) is 7.37 Å². The van der Waals surface area contributed by atoms with Crippen LogP contribution >= 0.6 is 7.37 Å². The molecule has 0 saturated heterocycles. The molecule has 0 saturated carbocycles. The van der Waals surface area contributed by atoms with E-state index in [2.05, 4.69) is 19.1 Å². The van der Waals surface area contributed by atoms with Gasteiger partial charge in [-0.15, -0.1) is 0 Å². The lowest BCUT2D eigenvalue weighted by molar-refractivity contribution is 0.310. The first-order valence-corrected chi connectivity index (χ1v) is 9.13. The van der Waals surface area contributed by atoms with Crippen molar-refractivity contribution < 1.29 is 9.09 Å². The molecule has 1 atom stereocenters. The normalized spacial score (nSPS) is 13.9. The first-order chi connectivity index (χ1) is 9.96. The lowest BCUT2D eigenvalue weighted by atomic mass is 10.1. The third-order valence-electron chi connectivity index (χ3n) is 3.67. The Morgan fingerprint density at radius 2 is 1.57 bits per heavy atom. The number of rotatable bonds is 5. The Hall–Kier alpha value is -1.37. The van der Waals surface area contributed by atoms with Crippen LogP contribution in [0, 0.1) is 20.8 Å². The number of hydrogen-bond acceptors (Lipinski definition) is 2. The van der Waals surface area contributed by atoms with Crippen LogP contribution in [-0.4, -0.2) is 6.16 Å². The largest absolute Gasteiger partial charge is 0.320 e. The molecule has 0 aliphatic heterocycles. The quantitative estimate of drug-likeness (QED) is 0.745. The van der Waals surface area contributed by atoms with Crippen molar-refractivity contribution in [2.45, 2.75) is 34.3 Å². The van der Waals surface area contributed by atoms with Crippen LogP contribution in [0.25, 0.3) is 0 Å². The van der Waals surface area contributed by atoms with Crippen LogP contribution in [0.4, 0.5) is 0 Å². The molecule has 0 aliphatic rings. The molecule has 112 valence electrons. The molecule has 0 spiro atoms. The summed E-state index contributed by atoms with van der Waals surface area (Å²) in [6.07, 6.45) is 0.518. The van der Waals surface area contributed by atoms with Gasteiger partial charge in [0, 0.05) is 11.5 Å². The van der Waals surface area contributed by atoms with Gasteiger partial charge in [-0.25, -0.2) is 0 Å². The zero-order chi connectivity index (χ0) is 15.5. The van der Waals surface area contributed by atoms with E-state index >= 15 is 0 Å². The first-order valence-electron chi connectivity index (χ1n) is 7.32. The SMILES string of the molecule is CCP(=O)(OCc1ccccc1)c1c(C)cc(C)cc1C. The third kappa shape index (κ3) is 3.64. The van der Waals surface area contributed by atoms with Crippen LogP contribution in [0.5, 0.6) is 0 Å². The van der Waals surface area contributed by atoms with E-state index in [1.165, 1.54) is 5.56 Å². The molecule has 0 N–H and O–H groups in total. The molecule has 0 aromatic heterocycles. The van der Waals surface area contributed by atoms with E-state index < -0.39 is 7.37 Å². The Bertz CT molecular complexity index is 639. The van der Waals surface area contributed by atoms with Crippen molar-refractivity contribution in [2.24, 2.45) is 0 Å². The summed E-state index contributed by atoms with van der Waals surface area (Å²) >= 11 is 0. The van der Waals surface area contributed by atoms with Gasteiger partial charge >= 0.3 is 0 Å². The van der Waals surface area contributed by atoms with Gasteiger partial charge < -0.3 is 4.52 Å². The molecule has 0 fully saturated rings. The van der Waals surface area contributed by atoms with Gasteiger partial charge in [0.1, 0.15) is 0 Å². The molecule has 0 heterocycles. The lowest BCUT2D eigenvalue weighted by Gasteiger charge is -2.22. The second-order valence-electron chi connectivity index (χ2n) is 5.50. The zero-order valence-electron chi connectivity index (χ0n) is 13.2. The topological polar surface area (TPSA) is 26.3 Å². The van der Waals surface area contributed by atoms with Crippen molar-refractivity contribution in [3.05, 3.63) is 64.7 Å². The zero-order valence-corrected chi connectivity index (χ0v) is 14.1. The van der Waals surface area contributed by atoms with Crippen LogP contribution in [0.3, 0.4) is 0 Å². The van der Waals surface area contributed by atoms with Crippen molar-refractivity contribution in [2.75, 3.05) is 6.16 Å². The Balaban J connectivity index is 2.32. The smallest absolute Gasteiger partial charge is 0.232 e. The van der Waals surface area contributed by atoms with E-state index in [4.69, 9.17) is 4.52 Å². The third-order valence-corrected chi connectivity index (χ3v) is 6.44. The Morgan fingerprint density at radius 3 is 2.10 bits per heavy atom. The summed E-state index contributed by atoms with van der Waals surface area (Å²) in [5, 5.41) is 0.895. The Labute approximate surface area is 127 Å². The summed E-state index contributed by atoms with van der Waals surface area (Å²) in [4.78, 5) is 0. The fourth-order valence-electron chi connectivity index (χ4n) is 2.78. The minimum absolute atomic E-state index is 0.388. The fraction of sp³-hybridized carbons (Fsp3) is 0.333. The summed E-state index contributed by atoms with van der Waals surface area (Å²) in [6, 6.07) is 14.1. The standard InChI is InChI=1S/C18H23O2P/c1-5-21(19,20-13-17-9-7-6-8-10-17)18-15(3)11-14(2)12-16(18)4/h6-12H,5,13H2,1-4H3. The summed E-state index contributed by atoms with van der Waals surface area (Å²) in [6.45, 7) is 8.42. The van der Waals surface area contributed by atoms with Crippen molar-refractivity contribution in [3.63, 3.8) is 0 Å². The Morgan fingerprint density at radius 1 is 1.00 bits per heavy atom. The molecular weight excluding hydrogens is 279 g/mol. The summed E-state index contributed by atoms with van der Waals surface area (Å²) in [5.74, 6) is 0. The molecule has 0 radical (unpaired) electrons. The first kappa shape index (κ1) is 16.0. The number of aryl methyl sites for hydroxylation is 3. The van der Waals surface area contributed by atoms with E-state index in [0.29, 0.717) is 12.8 Å². The molecule has 3 heteroatoms. The molecule has 2 aromatic rings. The van der Waals surface area contributed by atoms with Gasteiger partial charge in [0.25, 0.3) is 0 Å². The van der Waals surface area contributed by atoms with E-state index in [0.717, 1.165) is 22.0 Å². The second-order valence-corrected chi connectivity index (χ2v) is 8.18. The molecule has 2 nitrogen and oxygen atoms in total. The van der Waals surface area contributed by atoms with Gasteiger partial charge in [0.05, 0.1) is 6.61 Å². The van der Waals surface area contributed by atoms with Crippen molar-refractivity contribution >= 4 is 12.7 Å². The highest BCUT2D eigenvalue weighted by atomic mass is 31.2. The second kappa shape index (κ2) is 6.60. The molecule has 2 aromatic carbocycles. The summed E-state index contributed by atoms with van der Waals surface area (Å²) in [5.41, 5.74) is 4.37. The van der Waals surface area contributed by atoms with Crippen LogP contribution in [0.1, 0.15) is 29.2 Å². The van der Waals surface area contributed by atoms with Crippen LogP contribution in [-0.2, 0) is 15.7 Å². The molecule has 0 bridgehead atoms. The lowest BCUT2D eigenvalue weighted by Crippen LogP contribution is -2.17. The maximum absolute atomic E-state index is 13.3. The predicted molar refractivity (Wildman–Crippen MR) is 89.7 cm³/mol. The van der Waals surface area contributed by atoms with Gasteiger partial charge in [-0.3, -0.25) is 4.57 Å². The monoisotopic (exact) mass is 302 g/mol. The average Bonchev–Trinajstić information content (AvgIpc) is 2.45. The summed E-state index contributed by atoms with van der Waals surface area (Å²) < 4.78 is 19.2. The molecule has 0 amide bonds. The minimum Gasteiger partial charge on any atom is -0.320 e. The van der Waals surface area contributed by atoms with Crippen molar-refractivity contribution in [1.29, 1.82) is 0 Å². The maximum atomic E-state index is 13.3. The van der Waals surface area contributed by atoms with E-state index in [9.17, 15) is 4.57 Å². The highest BCUT2D eigenvalue weighted by Crippen LogP contribution is 2.48. The van der Waals surface area contributed by atoms with E-state index in [1.54, 1.807) is 0 Å². The highest BCUT2D eigenvalue weighted by Gasteiger charge is 2.27. The summed E-state index contributed by atoms with van der Waals surface area (Å²) in [7, 11) is -2.81. The molecule has 1 unspecified atom stereocenters. The number of hydrogen-bond donors (Lipinski definition) is 0. The van der Waals surface area contributed by atoms with Gasteiger partial charge in [-0.2, -0.15) is 0 Å². The fourth-order valence-corrected chi connectivity index (χ4v) is 4.97. The van der Waals surface area contributed by atoms with Crippen LogP contribution in [0.2, 0.25) is 0 Å². The predicted octanol–water partition coefficient (Wildman–Crippen LogP) is 4.75. The maximum Gasteiger partial charge on any atom is 0.232 e. The molecule has 2 rings (SSSR count). The van der Waals surface area contributed by atoms with Gasteiger partial charge in [-0.05, 0) is 37.5 Å².